The normalized spacial score (nSPS) is 18.2. The molecule has 0 aromatic heterocycles. The van der Waals surface area contributed by atoms with Gasteiger partial charge in [0.2, 0.25) is 0 Å². The Morgan fingerprint density at radius 1 is 1.29 bits per heavy atom. The summed E-state index contributed by atoms with van der Waals surface area (Å²) in [6.07, 6.45) is 3.23. The van der Waals surface area contributed by atoms with Gasteiger partial charge in [0, 0.05) is 6.54 Å². The summed E-state index contributed by atoms with van der Waals surface area (Å²) in [5.74, 6) is -1.06. The summed E-state index contributed by atoms with van der Waals surface area (Å²) in [6, 6.07) is 6.12. The lowest BCUT2D eigenvalue weighted by Gasteiger charge is -2.25. The Balaban J connectivity index is 2.00. The van der Waals surface area contributed by atoms with Crippen LogP contribution in [0, 0.1) is 5.82 Å². The molecule has 0 unspecified atom stereocenters. The van der Waals surface area contributed by atoms with Crippen molar-refractivity contribution in [2.24, 2.45) is 0 Å². The standard InChI is InChI=1S/C13H16FNO2/c14-11-5-3-10(4-6-11)9-15-13(12(16)17)7-1-2-8-13/h3-6,15H,1-2,7-9H2,(H,16,17). The van der Waals surface area contributed by atoms with Crippen LogP contribution in [0.5, 0.6) is 0 Å². The predicted molar refractivity (Wildman–Crippen MR) is 62.1 cm³/mol. The van der Waals surface area contributed by atoms with Gasteiger partial charge in [0.1, 0.15) is 11.4 Å². The summed E-state index contributed by atoms with van der Waals surface area (Å²) < 4.78 is 12.7. The average Bonchev–Trinajstić information content (AvgIpc) is 2.78. The second kappa shape index (κ2) is 4.84. The van der Waals surface area contributed by atoms with Crippen LogP contribution in [-0.4, -0.2) is 16.6 Å². The molecule has 17 heavy (non-hydrogen) atoms. The molecule has 1 aromatic rings. The molecule has 2 rings (SSSR count). The summed E-state index contributed by atoms with van der Waals surface area (Å²) in [4.78, 5) is 11.3. The number of benzene rings is 1. The van der Waals surface area contributed by atoms with Crippen molar-refractivity contribution in [1.82, 2.24) is 5.32 Å². The molecule has 1 aliphatic rings. The SMILES string of the molecule is O=C(O)C1(NCc2ccc(F)cc2)CCCC1. The number of halogens is 1. The zero-order valence-electron chi connectivity index (χ0n) is 9.58. The van der Waals surface area contributed by atoms with Crippen LogP contribution in [0.2, 0.25) is 0 Å². The molecule has 0 saturated heterocycles. The molecule has 0 bridgehead atoms. The Kier molecular flexibility index (Phi) is 3.43. The van der Waals surface area contributed by atoms with E-state index in [0.29, 0.717) is 19.4 Å². The number of carboxylic acids is 1. The molecule has 3 nitrogen and oxygen atoms in total. The highest BCUT2D eigenvalue weighted by Crippen LogP contribution is 2.30. The largest absolute Gasteiger partial charge is 0.480 e. The van der Waals surface area contributed by atoms with Crippen molar-refractivity contribution in [3.8, 4) is 0 Å². The van der Waals surface area contributed by atoms with Crippen molar-refractivity contribution in [2.75, 3.05) is 0 Å². The van der Waals surface area contributed by atoms with E-state index < -0.39 is 11.5 Å². The first kappa shape index (κ1) is 12.0. The van der Waals surface area contributed by atoms with Gasteiger partial charge in [0.25, 0.3) is 0 Å². The lowest BCUT2D eigenvalue weighted by atomic mass is 9.97. The van der Waals surface area contributed by atoms with Gasteiger partial charge >= 0.3 is 5.97 Å². The third-order valence-corrected chi connectivity index (χ3v) is 3.41. The Morgan fingerprint density at radius 3 is 2.41 bits per heavy atom. The molecule has 1 fully saturated rings. The van der Waals surface area contributed by atoms with Gasteiger partial charge in [0.15, 0.2) is 0 Å². The van der Waals surface area contributed by atoms with Crippen LogP contribution in [0.25, 0.3) is 0 Å². The van der Waals surface area contributed by atoms with E-state index in [2.05, 4.69) is 5.32 Å². The van der Waals surface area contributed by atoms with E-state index in [1.807, 2.05) is 0 Å². The number of nitrogens with one attached hydrogen (secondary N) is 1. The molecule has 0 radical (unpaired) electrons. The van der Waals surface area contributed by atoms with Crippen LogP contribution in [0.15, 0.2) is 24.3 Å². The summed E-state index contributed by atoms with van der Waals surface area (Å²) in [5, 5.41) is 12.4. The average molecular weight is 237 g/mol. The molecular formula is C13H16FNO2. The van der Waals surface area contributed by atoms with Crippen LogP contribution >= 0.6 is 0 Å². The Morgan fingerprint density at radius 2 is 1.88 bits per heavy atom. The third-order valence-electron chi connectivity index (χ3n) is 3.41. The summed E-state index contributed by atoms with van der Waals surface area (Å²) >= 11 is 0. The third kappa shape index (κ3) is 2.64. The minimum Gasteiger partial charge on any atom is -0.480 e. The highest BCUT2D eigenvalue weighted by atomic mass is 19.1. The van der Waals surface area contributed by atoms with Crippen LogP contribution in [0.1, 0.15) is 31.2 Å². The Labute approximate surface area is 99.7 Å². The molecule has 1 saturated carbocycles. The molecule has 0 atom stereocenters. The Hall–Kier alpha value is -1.42. The van der Waals surface area contributed by atoms with Gasteiger partial charge in [-0.05, 0) is 30.5 Å². The van der Waals surface area contributed by atoms with Crippen molar-refractivity contribution < 1.29 is 14.3 Å². The van der Waals surface area contributed by atoms with Crippen LogP contribution in [0.4, 0.5) is 4.39 Å². The first-order chi connectivity index (χ1) is 8.12. The van der Waals surface area contributed by atoms with E-state index in [9.17, 15) is 14.3 Å². The van der Waals surface area contributed by atoms with Crippen LogP contribution < -0.4 is 5.32 Å². The summed E-state index contributed by atoms with van der Waals surface area (Å²) in [5.41, 5.74) is 0.118. The first-order valence-electron chi connectivity index (χ1n) is 5.85. The van der Waals surface area contributed by atoms with Crippen molar-refractivity contribution in [3.63, 3.8) is 0 Å². The second-order valence-electron chi connectivity index (χ2n) is 4.57. The van der Waals surface area contributed by atoms with Gasteiger partial charge in [-0.25, -0.2) is 4.39 Å². The van der Waals surface area contributed by atoms with Gasteiger partial charge in [0.05, 0.1) is 0 Å². The predicted octanol–water partition coefficient (Wildman–Crippen LogP) is 2.31. The maximum absolute atomic E-state index is 12.7. The maximum atomic E-state index is 12.7. The molecule has 2 N–H and O–H groups in total. The van der Waals surface area contributed by atoms with Crippen molar-refractivity contribution in [3.05, 3.63) is 35.6 Å². The van der Waals surface area contributed by atoms with E-state index in [4.69, 9.17) is 0 Å². The topological polar surface area (TPSA) is 49.3 Å². The molecule has 0 amide bonds. The summed E-state index contributed by atoms with van der Waals surface area (Å²) in [6.45, 7) is 0.465. The fourth-order valence-electron chi connectivity index (χ4n) is 2.32. The van der Waals surface area contributed by atoms with E-state index in [1.54, 1.807) is 12.1 Å². The van der Waals surface area contributed by atoms with Crippen molar-refractivity contribution >= 4 is 5.97 Å². The molecule has 0 spiro atoms. The zero-order chi connectivity index (χ0) is 12.3. The number of hydrogen-bond donors (Lipinski definition) is 2. The molecule has 4 heteroatoms. The van der Waals surface area contributed by atoms with Gasteiger partial charge in [-0.1, -0.05) is 25.0 Å². The summed E-state index contributed by atoms with van der Waals surface area (Å²) in [7, 11) is 0. The fraction of sp³-hybridized carbons (Fsp3) is 0.462. The zero-order valence-corrected chi connectivity index (χ0v) is 9.58. The van der Waals surface area contributed by atoms with E-state index in [0.717, 1.165) is 18.4 Å². The van der Waals surface area contributed by atoms with Gasteiger partial charge < -0.3 is 5.11 Å². The van der Waals surface area contributed by atoms with Gasteiger partial charge in [-0.3, -0.25) is 10.1 Å². The van der Waals surface area contributed by atoms with E-state index in [1.165, 1.54) is 12.1 Å². The smallest absolute Gasteiger partial charge is 0.323 e. The maximum Gasteiger partial charge on any atom is 0.323 e. The first-order valence-corrected chi connectivity index (χ1v) is 5.85. The number of aliphatic carboxylic acids is 1. The van der Waals surface area contributed by atoms with Crippen LogP contribution in [0.3, 0.4) is 0 Å². The molecule has 0 heterocycles. The highest BCUT2D eigenvalue weighted by Gasteiger charge is 2.40. The molecule has 1 aromatic carbocycles. The molecular weight excluding hydrogens is 221 g/mol. The Bertz CT molecular complexity index is 396. The fourth-order valence-corrected chi connectivity index (χ4v) is 2.32. The van der Waals surface area contributed by atoms with Gasteiger partial charge in [-0.2, -0.15) is 0 Å². The lowest BCUT2D eigenvalue weighted by Crippen LogP contribution is -2.49. The second-order valence-corrected chi connectivity index (χ2v) is 4.57. The number of hydrogen-bond acceptors (Lipinski definition) is 2. The van der Waals surface area contributed by atoms with E-state index >= 15 is 0 Å². The number of carbonyl (C=O) groups is 1. The van der Waals surface area contributed by atoms with E-state index in [-0.39, 0.29) is 5.82 Å². The monoisotopic (exact) mass is 237 g/mol. The van der Waals surface area contributed by atoms with Crippen LogP contribution in [-0.2, 0) is 11.3 Å². The molecule has 92 valence electrons. The number of rotatable bonds is 4. The van der Waals surface area contributed by atoms with Gasteiger partial charge in [-0.15, -0.1) is 0 Å². The highest BCUT2D eigenvalue weighted by molar-refractivity contribution is 5.79. The lowest BCUT2D eigenvalue weighted by molar-refractivity contribution is -0.144. The van der Waals surface area contributed by atoms with Crippen molar-refractivity contribution in [2.45, 2.75) is 37.8 Å². The molecule has 1 aliphatic carbocycles. The molecule has 0 aliphatic heterocycles. The minimum atomic E-state index is -0.783. The van der Waals surface area contributed by atoms with Crippen molar-refractivity contribution in [1.29, 1.82) is 0 Å². The minimum absolute atomic E-state index is 0.275. The quantitative estimate of drug-likeness (QED) is 0.844. The number of carboxylic acid groups (broad SMARTS) is 1.